The zero-order valence-corrected chi connectivity index (χ0v) is 16.4. The minimum Gasteiger partial charge on any atom is -0.451 e. The number of nitrogens with one attached hydrogen (secondary N) is 2. The molecule has 0 saturated heterocycles. The standard InChI is InChI=1S/C19H18ClN3O6/c1-11-4-3-5-14(8-11)22-18(25)12(2)29-17(24)10-21-19(26)13-6-7-15(20)16(9-13)23(27)28/h3-9,12H,10H2,1-2H3,(H,21,26)(H,22,25). The first-order chi connectivity index (χ1) is 13.7. The summed E-state index contributed by atoms with van der Waals surface area (Å²) in [6.45, 7) is 2.75. The zero-order chi connectivity index (χ0) is 21.6. The average Bonchev–Trinajstić information content (AvgIpc) is 2.66. The molecule has 0 saturated carbocycles. The predicted molar refractivity (Wildman–Crippen MR) is 106 cm³/mol. The van der Waals surface area contributed by atoms with Gasteiger partial charge in [0.1, 0.15) is 11.6 Å². The normalized spacial score (nSPS) is 11.3. The van der Waals surface area contributed by atoms with Crippen LogP contribution in [0.1, 0.15) is 22.8 Å². The predicted octanol–water partition coefficient (Wildman–Crippen LogP) is 2.86. The molecule has 2 amide bonds. The fourth-order valence-electron chi connectivity index (χ4n) is 2.31. The summed E-state index contributed by atoms with van der Waals surface area (Å²) < 4.78 is 4.99. The van der Waals surface area contributed by atoms with Crippen LogP contribution in [-0.2, 0) is 14.3 Å². The third-order valence-electron chi connectivity index (χ3n) is 3.76. The number of carbonyl (C=O) groups excluding carboxylic acids is 3. The quantitative estimate of drug-likeness (QED) is 0.403. The molecule has 0 radical (unpaired) electrons. The van der Waals surface area contributed by atoms with Crippen molar-refractivity contribution in [3.05, 3.63) is 68.7 Å². The molecule has 1 atom stereocenters. The molecule has 10 heteroatoms. The van der Waals surface area contributed by atoms with E-state index in [4.69, 9.17) is 16.3 Å². The molecule has 0 heterocycles. The van der Waals surface area contributed by atoms with Crippen LogP contribution in [0.3, 0.4) is 0 Å². The number of carbonyl (C=O) groups is 3. The van der Waals surface area contributed by atoms with Crippen LogP contribution >= 0.6 is 11.6 Å². The van der Waals surface area contributed by atoms with Crippen molar-refractivity contribution in [2.75, 3.05) is 11.9 Å². The summed E-state index contributed by atoms with van der Waals surface area (Å²) in [5, 5.41) is 15.7. The van der Waals surface area contributed by atoms with Crippen molar-refractivity contribution < 1.29 is 24.0 Å². The Balaban J connectivity index is 1.87. The Morgan fingerprint density at radius 3 is 2.59 bits per heavy atom. The van der Waals surface area contributed by atoms with Gasteiger partial charge in [-0.15, -0.1) is 0 Å². The summed E-state index contributed by atoms with van der Waals surface area (Å²) in [4.78, 5) is 46.2. The highest BCUT2D eigenvalue weighted by atomic mass is 35.5. The molecular formula is C19H18ClN3O6. The fraction of sp³-hybridized carbons (Fsp3) is 0.211. The van der Waals surface area contributed by atoms with E-state index in [1.54, 1.807) is 18.2 Å². The number of benzene rings is 2. The van der Waals surface area contributed by atoms with Gasteiger partial charge in [-0.2, -0.15) is 0 Å². The monoisotopic (exact) mass is 419 g/mol. The first-order valence-corrected chi connectivity index (χ1v) is 8.84. The van der Waals surface area contributed by atoms with Gasteiger partial charge in [0.05, 0.1) is 4.92 Å². The molecule has 0 aliphatic heterocycles. The van der Waals surface area contributed by atoms with Crippen LogP contribution in [0.2, 0.25) is 5.02 Å². The lowest BCUT2D eigenvalue weighted by Crippen LogP contribution is -2.35. The SMILES string of the molecule is Cc1cccc(NC(=O)C(C)OC(=O)CNC(=O)c2ccc(Cl)c([N+](=O)[O-])c2)c1. The van der Waals surface area contributed by atoms with Gasteiger partial charge in [0.2, 0.25) is 0 Å². The molecule has 0 aromatic heterocycles. The summed E-state index contributed by atoms with van der Waals surface area (Å²) in [6, 6.07) is 10.6. The molecule has 2 aromatic carbocycles. The summed E-state index contributed by atoms with van der Waals surface area (Å²) in [7, 11) is 0. The summed E-state index contributed by atoms with van der Waals surface area (Å²) in [5.41, 5.74) is 1.05. The number of aryl methyl sites for hydroxylation is 1. The van der Waals surface area contributed by atoms with Gasteiger partial charge >= 0.3 is 5.97 Å². The zero-order valence-electron chi connectivity index (χ0n) is 15.6. The molecule has 0 bridgehead atoms. The first kappa shape index (κ1) is 21.8. The van der Waals surface area contributed by atoms with Gasteiger partial charge < -0.3 is 15.4 Å². The third kappa shape index (κ3) is 6.28. The molecule has 29 heavy (non-hydrogen) atoms. The van der Waals surface area contributed by atoms with Gasteiger partial charge in [-0.3, -0.25) is 24.5 Å². The summed E-state index contributed by atoms with van der Waals surface area (Å²) >= 11 is 5.69. The van der Waals surface area contributed by atoms with Crippen molar-refractivity contribution in [1.29, 1.82) is 0 Å². The average molecular weight is 420 g/mol. The number of anilines is 1. The van der Waals surface area contributed by atoms with Gasteiger partial charge in [0.25, 0.3) is 17.5 Å². The summed E-state index contributed by atoms with van der Waals surface area (Å²) in [6.07, 6.45) is -1.09. The van der Waals surface area contributed by atoms with E-state index in [9.17, 15) is 24.5 Å². The van der Waals surface area contributed by atoms with Gasteiger partial charge in [-0.05, 0) is 43.7 Å². The van der Waals surface area contributed by atoms with Gasteiger partial charge in [0, 0.05) is 17.3 Å². The molecule has 2 aromatic rings. The number of hydrogen-bond donors (Lipinski definition) is 2. The number of nitro groups is 1. The highest BCUT2D eigenvalue weighted by Crippen LogP contribution is 2.24. The van der Waals surface area contributed by atoms with Crippen LogP contribution in [0, 0.1) is 17.0 Å². The number of amides is 2. The molecule has 152 valence electrons. The van der Waals surface area contributed by atoms with Gasteiger partial charge in [-0.25, -0.2) is 0 Å². The van der Waals surface area contributed by atoms with Crippen molar-refractivity contribution in [1.82, 2.24) is 5.32 Å². The largest absolute Gasteiger partial charge is 0.451 e. The lowest BCUT2D eigenvalue weighted by molar-refractivity contribution is -0.384. The van der Waals surface area contributed by atoms with E-state index in [0.29, 0.717) is 5.69 Å². The molecule has 2 N–H and O–H groups in total. The number of hydrogen-bond acceptors (Lipinski definition) is 6. The Bertz CT molecular complexity index is 963. The second-order valence-corrected chi connectivity index (χ2v) is 6.50. The lowest BCUT2D eigenvalue weighted by Gasteiger charge is -2.14. The Morgan fingerprint density at radius 2 is 1.93 bits per heavy atom. The van der Waals surface area contributed by atoms with E-state index in [0.717, 1.165) is 11.6 Å². The molecule has 9 nitrogen and oxygen atoms in total. The van der Waals surface area contributed by atoms with E-state index in [1.807, 2.05) is 13.0 Å². The van der Waals surface area contributed by atoms with Crippen LogP contribution < -0.4 is 10.6 Å². The van der Waals surface area contributed by atoms with E-state index in [2.05, 4.69) is 10.6 Å². The van der Waals surface area contributed by atoms with Crippen molar-refractivity contribution in [2.24, 2.45) is 0 Å². The lowest BCUT2D eigenvalue weighted by atomic mass is 10.2. The van der Waals surface area contributed by atoms with E-state index < -0.39 is 41.0 Å². The Labute approximate surface area is 171 Å². The van der Waals surface area contributed by atoms with Crippen LogP contribution in [0.4, 0.5) is 11.4 Å². The second kappa shape index (κ2) is 9.65. The Morgan fingerprint density at radius 1 is 1.21 bits per heavy atom. The summed E-state index contributed by atoms with van der Waals surface area (Å²) in [5.74, 6) is -2.09. The number of halogens is 1. The fourth-order valence-corrected chi connectivity index (χ4v) is 2.49. The van der Waals surface area contributed by atoms with Crippen LogP contribution in [0.25, 0.3) is 0 Å². The first-order valence-electron chi connectivity index (χ1n) is 8.46. The number of esters is 1. The number of nitrogens with zero attached hydrogens (tertiary/aromatic N) is 1. The maximum Gasteiger partial charge on any atom is 0.326 e. The minimum absolute atomic E-state index is 0.0425. The molecule has 2 rings (SSSR count). The number of ether oxygens (including phenoxy) is 1. The maximum absolute atomic E-state index is 12.1. The van der Waals surface area contributed by atoms with Crippen molar-refractivity contribution in [3.63, 3.8) is 0 Å². The Hall–Kier alpha value is -3.46. The van der Waals surface area contributed by atoms with Crippen molar-refractivity contribution in [2.45, 2.75) is 20.0 Å². The van der Waals surface area contributed by atoms with Crippen LogP contribution in [-0.4, -0.2) is 35.4 Å². The van der Waals surface area contributed by atoms with E-state index >= 15 is 0 Å². The van der Waals surface area contributed by atoms with Crippen LogP contribution in [0.15, 0.2) is 42.5 Å². The minimum atomic E-state index is -1.09. The van der Waals surface area contributed by atoms with Gasteiger partial charge in [0.15, 0.2) is 6.10 Å². The number of rotatable bonds is 7. The van der Waals surface area contributed by atoms with Crippen molar-refractivity contribution in [3.8, 4) is 0 Å². The van der Waals surface area contributed by atoms with E-state index in [1.165, 1.54) is 19.1 Å². The Kier molecular flexibility index (Phi) is 7.27. The molecule has 0 aliphatic carbocycles. The molecule has 0 fully saturated rings. The highest BCUT2D eigenvalue weighted by molar-refractivity contribution is 6.32. The smallest absolute Gasteiger partial charge is 0.326 e. The van der Waals surface area contributed by atoms with Crippen LogP contribution in [0.5, 0.6) is 0 Å². The molecule has 0 aliphatic rings. The second-order valence-electron chi connectivity index (χ2n) is 6.10. The third-order valence-corrected chi connectivity index (χ3v) is 4.08. The molecule has 1 unspecified atom stereocenters. The van der Waals surface area contributed by atoms with E-state index in [-0.39, 0.29) is 10.6 Å². The maximum atomic E-state index is 12.1. The van der Waals surface area contributed by atoms with Crippen molar-refractivity contribution >= 4 is 40.8 Å². The molecular weight excluding hydrogens is 402 g/mol. The number of nitro benzene ring substituents is 1. The van der Waals surface area contributed by atoms with Gasteiger partial charge in [-0.1, -0.05) is 23.7 Å². The highest BCUT2D eigenvalue weighted by Gasteiger charge is 2.20. The topological polar surface area (TPSA) is 128 Å². The molecule has 0 spiro atoms.